The van der Waals surface area contributed by atoms with Gasteiger partial charge in [0.1, 0.15) is 0 Å². The van der Waals surface area contributed by atoms with Crippen LogP contribution in [0.4, 0.5) is 14.9 Å². The van der Waals surface area contributed by atoms with Crippen LogP contribution in [0.5, 0.6) is 5.75 Å². The van der Waals surface area contributed by atoms with E-state index in [0.717, 1.165) is 18.2 Å². The number of anilines is 1. The van der Waals surface area contributed by atoms with Crippen LogP contribution in [0.3, 0.4) is 0 Å². The van der Waals surface area contributed by atoms with Crippen LogP contribution in [0.15, 0.2) is 36.5 Å². The second-order valence-corrected chi connectivity index (χ2v) is 9.29. The Morgan fingerprint density at radius 2 is 1.83 bits per heavy atom. The number of phenols is 1. The van der Waals surface area contributed by atoms with Gasteiger partial charge in [-0.25, -0.2) is 9.18 Å². The summed E-state index contributed by atoms with van der Waals surface area (Å²) in [5, 5.41) is 25.4. The van der Waals surface area contributed by atoms with Gasteiger partial charge in [0.25, 0.3) is 0 Å². The molecule has 1 amide bonds. The SMILES string of the molecule is CCCC(=O)c1cnc2ccc(-c3cc(F)c(O)c(Cl)c3)cc2c1NC1CCC(NC(=O)O)CC1. The Hall–Kier alpha value is -3.39. The van der Waals surface area contributed by atoms with Crippen LogP contribution in [0.2, 0.25) is 5.02 Å². The van der Waals surface area contributed by atoms with Crippen molar-refractivity contribution in [2.75, 3.05) is 5.32 Å². The number of benzene rings is 2. The Labute approximate surface area is 207 Å². The largest absolute Gasteiger partial charge is 0.504 e. The molecule has 184 valence electrons. The monoisotopic (exact) mass is 499 g/mol. The van der Waals surface area contributed by atoms with Crippen molar-refractivity contribution in [1.29, 1.82) is 0 Å². The number of hydrogen-bond donors (Lipinski definition) is 4. The quantitative estimate of drug-likeness (QED) is 0.281. The van der Waals surface area contributed by atoms with Crippen molar-refractivity contribution in [3.05, 3.63) is 52.9 Å². The maximum atomic E-state index is 14.1. The third kappa shape index (κ3) is 5.48. The van der Waals surface area contributed by atoms with Gasteiger partial charge in [-0.2, -0.15) is 0 Å². The van der Waals surface area contributed by atoms with Gasteiger partial charge in [0.05, 0.1) is 21.8 Å². The number of amides is 1. The Bertz CT molecular complexity index is 1250. The number of carbonyl (C=O) groups excluding carboxylic acids is 1. The highest BCUT2D eigenvalue weighted by atomic mass is 35.5. The molecule has 0 atom stereocenters. The first-order chi connectivity index (χ1) is 16.8. The van der Waals surface area contributed by atoms with Crippen molar-refractivity contribution in [3.8, 4) is 16.9 Å². The summed E-state index contributed by atoms with van der Waals surface area (Å²) in [4.78, 5) is 28.4. The predicted molar refractivity (Wildman–Crippen MR) is 134 cm³/mol. The van der Waals surface area contributed by atoms with Crippen molar-refractivity contribution in [1.82, 2.24) is 10.3 Å². The smallest absolute Gasteiger partial charge is 0.404 e. The number of phenolic OH excluding ortho intramolecular Hbond substituents is 1. The number of carboxylic acid groups (broad SMARTS) is 1. The zero-order chi connectivity index (χ0) is 25.1. The molecule has 1 aliphatic rings. The number of Topliss-reactive ketones (excluding diaryl/α,β-unsaturated/α-hetero) is 1. The van der Waals surface area contributed by atoms with E-state index in [1.807, 2.05) is 13.0 Å². The number of nitrogens with one attached hydrogen (secondary N) is 2. The lowest BCUT2D eigenvalue weighted by Gasteiger charge is -2.30. The number of nitrogens with zero attached hydrogens (tertiary/aromatic N) is 1. The molecule has 1 aromatic heterocycles. The first-order valence-electron chi connectivity index (χ1n) is 11.7. The highest BCUT2D eigenvalue weighted by molar-refractivity contribution is 6.32. The molecule has 0 spiro atoms. The number of pyridine rings is 1. The van der Waals surface area contributed by atoms with Crippen LogP contribution in [0.1, 0.15) is 55.8 Å². The maximum absolute atomic E-state index is 14.1. The summed E-state index contributed by atoms with van der Waals surface area (Å²) < 4.78 is 14.1. The number of hydrogen-bond acceptors (Lipinski definition) is 5. The molecule has 7 nitrogen and oxygen atoms in total. The van der Waals surface area contributed by atoms with E-state index in [1.165, 1.54) is 12.1 Å². The lowest BCUT2D eigenvalue weighted by Crippen LogP contribution is -2.39. The number of carbonyl (C=O) groups is 2. The summed E-state index contributed by atoms with van der Waals surface area (Å²) in [6, 6.07) is 8.11. The van der Waals surface area contributed by atoms with Gasteiger partial charge in [0.2, 0.25) is 0 Å². The predicted octanol–water partition coefficient (Wildman–Crippen LogP) is 6.37. The summed E-state index contributed by atoms with van der Waals surface area (Å²) in [5.74, 6) is -1.43. The van der Waals surface area contributed by atoms with Crippen LogP contribution >= 0.6 is 11.6 Å². The standard InChI is InChI=1S/C26H27ClFN3O4/c1-2-3-23(32)19-13-29-22-9-4-14(15-11-20(27)25(33)21(28)12-15)10-18(22)24(19)30-16-5-7-17(8-6-16)31-26(34)35/h4,9-13,16-17,31,33H,2-3,5-8H2,1H3,(H,29,30)(H,34,35). The molecule has 0 aliphatic heterocycles. The summed E-state index contributed by atoms with van der Waals surface area (Å²) in [6.45, 7) is 1.94. The average molecular weight is 500 g/mol. The van der Waals surface area contributed by atoms with E-state index in [-0.39, 0.29) is 22.9 Å². The fourth-order valence-electron chi connectivity index (χ4n) is 4.59. The fourth-order valence-corrected chi connectivity index (χ4v) is 4.80. The Balaban J connectivity index is 1.74. The van der Waals surface area contributed by atoms with Crippen molar-refractivity contribution in [2.24, 2.45) is 0 Å². The van der Waals surface area contributed by atoms with E-state index < -0.39 is 17.7 Å². The molecule has 0 bridgehead atoms. The highest BCUT2D eigenvalue weighted by Gasteiger charge is 2.25. The molecular weight excluding hydrogens is 473 g/mol. The second kappa shape index (κ2) is 10.5. The summed E-state index contributed by atoms with van der Waals surface area (Å²) in [7, 11) is 0. The molecule has 3 aromatic rings. The van der Waals surface area contributed by atoms with Gasteiger partial charge in [-0.05, 0) is 67.5 Å². The van der Waals surface area contributed by atoms with Gasteiger partial charge in [0.15, 0.2) is 17.3 Å². The molecule has 0 unspecified atom stereocenters. The van der Waals surface area contributed by atoms with Crippen molar-refractivity contribution >= 4 is 40.1 Å². The minimum atomic E-state index is -1.02. The molecule has 35 heavy (non-hydrogen) atoms. The van der Waals surface area contributed by atoms with Crippen LogP contribution in [-0.2, 0) is 0 Å². The molecular formula is C26H27ClFN3O4. The van der Waals surface area contributed by atoms with E-state index in [2.05, 4.69) is 15.6 Å². The van der Waals surface area contributed by atoms with Gasteiger partial charge in [-0.15, -0.1) is 0 Å². The number of ketones is 1. The topological polar surface area (TPSA) is 112 Å². The first kappa shape index (κ1) is 24.7. The van der Waals surface area contributed by atoms with Crippen LogP contribution < -0.4 is 10.6 Å². The summed E-state index contributed by atoms with van der Waals surface area (Å²) >= 11 is 5.99. The summed E-state index contributed by atoms with van der Waals surface area (Å²) in [5.41, 5.74) is 3.00. The number of fused-ring (bicyclic) bond motifs is 1. The molecule has 0 radical (unpaired) electrons. The Morgan fingerprint density at radius 3 is 2.49 bits per heavy atom. The number of aromatic hydroxyl groups is 1. The molecule has 9 heteroatoms. The van der Waals surface area contributed by atoms with E-state index in [0.29, 0.717) is 53.6 Å². The molecule has 1 fully saturated rings. The molecule has 1 heterocycles. The van der Waals surface area contributed by atoms with Crippen molar-refractivity contribution in [2.45, 2.75) is 57.5 Å². The molecule has 4 rings (SSSR count). The molecule has 0 saturated heterocycles. The maximum Gasteiger partial charge on any atom is 0.404 e. The average Bonchev–Trinajstić information content (AvgIpc) is 2.83. The van der Waals surface area contributed by atoms with Gasteiger partial charge >= 0.3 is 6.09 Å². The lowest BCUT2D eigenvalue weighted by molar-refractivity contribution is 0.0982. The van der Waals surface area contributed by atoms with E-state index in [9.17, 15) is 19.1 Å². The van der Waals surface area contributed by atoms with Crippen molar-refractivity contribution < 1.29 is 24.2 Å². The molecule has 1 saturated carbocycles. The minimum absolute atomic E-state index is 0.0187. The highest BCUT2D eigenvalue weighted by Crippen LogP contribution is 2.36. The Kier molecular flexibility index (Phi) is 7.40. The molecule has 4 N–H and O–H groups in total. The number of halogens is 2. The van der Waals surface area contributed by atoms with E-state index in [1.54, 1.807) is 18.3 Å². The second-order valence-electron chi connectivity index (χ2n) is 8.88. The number of rotatable bonds is 7. The third-order valence-electron chi connectivity index (χ3n) is 6.40. The van der Waals surface area contributed by atoms with Crippen LogP contribution in [0, 0.1) is 5.82 Å². The number of aromatic nitrogens is 1. The lowest BCUT2D eigenvalue weighted by atomic mass is 9.90. The fraction of sp³-hybridized carbons (Fsp3) is 0.346. The zero-order valence-corrected chi connectivity index (χ0v) is 20.0. The van der Waals surface area contributed by atoms with Gasteiger partial charge in [0, 0.05) is 30.1 Å². The van der Waals surface area contributed by atoms with Crippen LogP contribution in [-0.4, -0.2) is 39.2 Å². The zero-order valence-electron chi connectivity index (χ0n) is 19.3. The third-order valence-corrected chi connectivity index (χ3v) is 6.69. The Morgan fingerprint density at radius 1 is 1.11 bits per heavy atom. The molecule has 1 aliphatic carbocycles. The molecule has 2 aromatic carbocycles. The minimum Gasteiger partial charge on any atom is -0.504 e. The van der Waals surface area contributed by atoms with Gasteiger partial charge in [-0.1, -0.05) is 24.6 Å². The van der Waals surface area contributed by atoms with Crippen molar-refractivity contribution in [3.63, 3.8) is 0 Å². The van der Waals surface area contributed by atoms with Crippen LogP contribution in [0.25, 0.3) is 22.0 Å². The van der Waals surface area contributed by atoms with E-state index >= 15 is 0 Å². The first-order valence-corrected chi connectivity index (χ1v) is 12.0. The van der Waals surface area contributed by atoms with Gasteiger partial charge < -0.3 is 20.8 Å². The van der Waals surface area contributed by atoms with Gasteiger partial charge in [-0.3, -0.25) is 9.78 Å². The van der Waals surface area contributed by atoms with E-state index in [4.69, 9.17) is 16.7 Å². The summed E-state index contributed by atoms with van der Waals surface area (Å²) in [6.07, 6.45) is 4.54. The normalized spacial score (nSPS) is 17.8.